The number of benzene rings is 2. The number of hydrogen-bond donors (Lipinski definition) is 1. The van der Waals surface area contributed by atoms with Crippen LogP contribution in [0.4, 0.5) is 10.2 Å². The van der Waals surface area contributed by atoms with E-state index in [4.69, 9.17) is 23.2 Å². The molecule has 36 heavy (non-hydrogen) atoms. The number of aromatic nitrogens is 5. The molecule has 0 atom stereocenters. The van der Waals surface area contributed by atoms with Gasteiger partial charge >= 0.3 is 0 Å². The zero-order valence-corrected chi connectivity index (χ0v) is 21.9. The van der Waals surface area contributed by atoms with Crippen LogP contribution < -0.4 is 5.32 Å². The monoisotopic (exact) mass is 586 g/mol. The van der Waals surface area contributed by atoms with Crippen molar-refractivity contribution in [1.29, 1.82) is 0 Å². The molecule has 182 valence electrons. The number of carbonyl (C=O) groups excluding carboxylic acids is 1. The number of carbonyl (C=O) groups is 1. The summed E-state index contributed by atoms with van der Waals surface area (Å²) < 4.78 is 17.2. The van der Waals surface area contributed by atoms with Gasteiger partial charge in [0.25, 0.3) is 0 Å². The molecule has 7 nitrogen and oxygen atoms in total. The second-order valence-corrected chi connectivity index (χ2v) is 9.81. The lowest BCUT2D eigenvalue weighted by Crippen LogP contribution is -2.20. The largest absolute Gasteiger partial charge is 0.307 e. The highest BCUT2D eigenvalue weighted by molar-refractivity contribution is 9.10. The van der Waals surface area contributed by atoms with Crippen molar-refractivity contribution in [2.45, 2.75) is 20.0 Å². The number of anilines is 1. The summed E-state index contributed by atoms with van der Waals surface area (Å²) in [5, 5.41) is 13.7. The minimum absolute atomic E-state index is 0.0630. The highest BCUT2D eigenvalue weighted by Crippen LogP contribution is 2.30. The Balaban J connectivity index is 1.35. The number of nitrogens with zero attached hydrogens (tertiary/aromatic N) is 5. The van der Waals surface area contributed by atoms with Gasteiger partial charge in [0.15, 0.2) is 11.5 Å². The molecule has 0 spiro atoms. The summed E-state index contributed by atoms with van der Waals surface area (Å²) in [5.74, 6) is -0.250. The van der Waals surface area contributed by atoms with Gasteiger partial charge in [-0.15, -0.1) is 0 Å². The second kappa shape index (κ2) is 10.0. The first-order valence-electron chi connectivity index (χ1n) is 10.8. The summed E-state index contributed by atoms with van der Waals surface area (Å²) in [4.78, 5) is 17.3. The van der Waals surface area contributed by atoms with E-state index in [9.17, 15) is 9.18 Å². The fourth-order valence-corrected chi connectivity index (χ4v) is 4.84. The Morgan fingerprint density at radius 2 is 1.89 bits per heavy atom. The summed E-state index contributed by atoms with van der Waals surface area (Å²) in [6.07, 6.45) is 3.40. The summed E-state index contributed by atoms with van der Waals surface area (Å²) >= 11 is 15.7. The number of nitrogens with one attached hydrogen (secondary N) is 1. The van der Waals surface area contributed by atoms with Crippen LogP contribution >= 0.6 is 39.1 Å². The SMILES string of the molecule is Cc1nn(CC(=O)Nc2nn(Cc3ccc(Cl)cc3Cl)cc2Br)c2nccc(-c3ccc(F)cc3)c12. The number of halogens is 4. The van der Waals surface area contributed by atoms with Gasteiger partial charge in [0, 0.05) is 27.8 Å². The molecule has 3 aromatic heterocycles. The fraction of sp³-hybridized carbons (Fsp3) is 0.120. The van der Waals surface area contributed by atoms with Crippen LogP contribution in [0.1, 0.15) is 11.3 Å². The average molecular weight is 588 g/mol. The van der Waals surface area contributed by atoms with Gasteiger partial charge in [0.05, 0.1) is 16.7 Å². The summed E-state index contributed by atoms with van der Waals surface area (Å²) in [5.41, 5.74) is 3.83. The van der Waals surface area contributed by atoms with Crippen LogP contribution in [-0.2, 0) is 17.9 Å². The topological polar surface area (TPSA) is 77.6 Å². The van der Waals surface area contributed by atoms with Crippen molar-refractivity contribution in [3.8, 4) is 11.1 Å². The van der Waals surface area contributed by atoms with E-state index in [0.29, 0.717) is 32.5 Å². The average Bonchev–Trinajstić information content (AvgIpc) is 3.34. The Labute approximate surface area is 224 Å². The molecule has 5 rings (SSSR count). The number of fused-ring (bicyclic) bond motifs is 1. The Morgan fingerprint density at radius 3 is 2.64 bits per heavy atom. The van der Waals surface area contributed by atoms with Crippen LogP contribution in [0.5, 0.6) is 0 Å². The fourth-order valence-electron chi connectivity index (χ4n) is 3.96. The number of aryl methyl sites for hydroxylation is 1. The van der Waals surface area contributed by atoms with E-state index in [0.717, 1.165) is 27.8 Å². The smallest absolute Gasteiger partial charge is 0.247 e. The standard InChI is InChI=1S/C25H18BrCl2FN6O/c1-14-23-19(15-3-6-18(29)7-4-15)8-9-30-25(23)35(32-14)13-22(36)31-24-20(26)12-34(33-24)11-16-2-5-17(27)10-21(16)28/h2-10,12H,11,13H2,1H3,(H,31,33,36). The van der Waals surface area contributed by atoms with Crippen molar-refractivity contribution in [3.05, 3.63) is 92.5 Å². The third-order valence-electron chi connectivity index (χ3n) is 5.58. The molecule has 0 aliphatic heterocycles. The maximum atomic E-state index is 13.4. The van der Waals surface area contributed by atoms with Crippen LogP contribution in [-0.4, -0.2) is 30.5 Å². The molecule has 0 saturated carbocycles. The van der Waals surface area contributed by atoms with Gasteiger partial charge in [-0.1, -0.05) is 41.4 Å². The van der Waals surface area contributed by atoms with Gasteiger partial charge < -0.3 is 5.32 Å². The Bertz CT molecular complexity index is 1600. The first-order chi connectivity index (χ1) is 17.3. The maximum Gasteiger partial charge on any atom is 0.247 e. The molecule has 0 saturated heterocycles. The minimum Gasteiger partial charge on any atom is -0.307 e. The molecule has 0 radical (unpaired) electrons. The van der Waals surface area contributed by atoms with Crippen LogP contribution in [0, 0.1) is 12.7 Å². The number of rotatable bonds is 6. The van der Waals surface area contributed by atoms with E-state index < -0.39 is 0 Å². The van der Waals surface area contributed by atoms with E-state index in [1.54, 1.807) is 46.0 Å². The van der Waals surface area contributed by atoms with Crippen molar-refractivity contribution in [1.82, 2.24) is 24.5 Å². The van der Waals surface area contributed by atoms with Crippen LogP contribution in [0.15, 0.2) is 65.4 Å². The van der Waals surface area contributed by atoms with Crippen LogP contribution in [0.2, 0.25) is 10.0 Å². The molecule has 1 N–H and O–H groups in total. The highest BCUT2D eigenvalue weighted by atomic mass is 79.9. The van der Waals surface area contributed by atoms with E-state index in [1.807, 2.05) is 19.1 Å². The quantitative estimate of drug-likeness (QED) is 0.246. The van der Waals surface area contributed by atoms with Crippen molar-refractivity contribution in [2.75, 3.05) is 5.32 Å². The van der Waals surface area contributed by atoms with E-state index in [2.05, 4.69) is 36.4 Å². The van der Waals surface area contributed by atoms with Crippen LogP contribution in [0.25, 0.3) is 22.2 Å². The molecule has 0 bridgehead atoms. The van der Waals surface area contributed by atoms with Crippen molar-refractivity contribution in [3.63, 3.8) is 0 Å². The molecular formula is C25H18BrCl2FN6O. The molecule has 0 aliphatic rings. The molecule has 11 heteroatoms. The molecule has 3 heterocycles. The van der Waals surface area contributed by atoms with Gasteiger partial charge in [0.2, 0.25) is 5.91 Å². The Morgan fingerprint density at radius 1 is 1.11 bits per heavy atom. The van der Waals surface area contributed by atoms with Crippen molar-refractivity contribution < 1.29 is 9.18 Å². The van der Waals surface area contributed by atoms with E-state index in [-0.39, 0.29) is 18.3 Å². The molecule has 1 amide bonds. The lowest BCUT2D eigenvalue weighted by Gasteiger charge is -2.06. The van der Waals surface area contributed by atoms with Gasteiger partial charge in [-0.25, -0.2) is 14.1 Å². The molecule has 0 fully saturated rings. The molecular weight excluding hydrogens is 570 g/mol. The summed E-state index contributed by atoms with van der Waals surface area (Å²) in [6.45, 7) is 2.20. The lowest BCUT2D eigenvalue weighted by atomic mass is 10.0. The molecule has 2 aromatic carbocycles. The molecule has 5 aromatic rings. The Kier molecular flexibility index (Phi) is 6.79. The first kappa shape index (κ1) is 24.4. The van der Waals surface area contributed by atoms with Gasteiger partial charge in [-0.2, -0.15) is 10.2 Å². The molecule has 0 unspecified atom stereocenters. The number of hydrogen-bond acceptors (Lipinski definition) is 4. The van der Waals surface area contributed by atoms with Gasteiger partial charge in [-0.05, 0) is 69.9 Å². The van der Waals surface area contributed by atoms with E-state index >= 15 is 0 Å². The van der Waals surface area contributed by atoms with Gasteiger partial charge in [0.1, 0.15) is 12.4 Å². The minimum atomic E-state index is -0.316. The predicted molar refractivity (Wildman–Crippen MR) is 142 cm³/mol. The third-order valence-corrected chi connectivity index (χ3v) is 6.75. The number of amides is 1. The van der Waals surface area contributed by atoms with E-state index in [1.165, 1.54) is 12.1 Å². The van der Waals surface area contributed by atoms with Crippen molar-refractivity contribution >= 4 is 61.9 Å². The van der Waals surface area contributed by atoms with Crippen molar-refractivity contribution in [2.24, 2.45) is 0 Å². The van der Waals surface area contributed by atoms with Crippen LogP contribution in [0.3, 0.4) is 0 Å². The molecule has 0 aliphatic carbocycles. The summed E-state index contributed by atoms with van der Waals surface area (Å²) in [7, 11) is 0. The normalized spacial score (nSPS) is 11.2. The highest BCUT2D eigenvalue weighted by Gasteiger charge is 2.18. The third kappa shape index (κ3) is 5.00. The zero-order chi connectivity index (χ0) is 25.4. The number of pyridine rings is 1. The Hall–Kier alpha value is -3.27. The predicted octanol–water partition coefficient (Wildman–Crippen LogP) is 6.50. The first-order valence-corrected chi connectivity index (χ1v) is 12.4. The lowest BCUT2D eigenvalue weighted by molar-refractivity contribution is -0.116. The second-order valence-electron chi connectivity index (χ2n) is 8.11. The summed E-state index contributed by atoms with van der Waals surface area (Å²) in [6, 6.07) is 13.3. The maximum absolute atomic E-state index is 13.4. The van der Waals surface area contributed by atoms with Gasteiger partial charge in [-0.3, -0.25) is 9.48 Å². The zero-order valence-electron chi connectivity index (χ0n) is 18.8.